The Kier molecular flexibility index (Phi) is 7.01. The lowest BCUT2D eigenvalue weighted by Crippen LogP contribution is -2.10. The van der Waals surface area contributed by atoms with Crippen molar-refractivity contribution in [3.63, 3.8) is 0 Å². The van der Waals surface area contributed by atoms with Gasteiger partial charge in [0, 0.05) is 10.1 Å². The minimum atomic E-state index is -0.740. The van der Waals surface area contributed by atoms with Crippen LogP contribution in [-0.4, -0.2) is 23.4 Å². The van der Waals surface area contributed by atoms with E-state index in [1.54, 1.807) is 18.9 Å². The standard InChI is InChI=1S/C19H22O3S/c1-22-16-10-12-17(13-11-16)23-18(14-19(20)21)9-5-8-15-6-3-2-4-7-15/h2-4,6-7,10-13,18H,5,8-9,14H2,1H3,(H,20,21). The van der Waals surface area contributed by atoms with Gasteiger partial charge in [0.1, 0.15) is 5.75 Å². The number of rotatable bonds is 9. The number of hydrogen-bond donors (Lipinski definition) is 1. The molecule has 0 heterocycles. The van der Waals surface area contributed by atoms with Crippen molar-refractivity contribution in [1.29, 1.82) is 0 Å². The number of ether oxygens (including phenoxy) is 1. The number of hydrogen-bond acceptors (Lipinski definition) is 3. The monoisotopic (exact) mass is 330 g/mol. The van der Waals surface area contributed by atoms with Gasteiger partial charge in [-0.25, -0.2) is 0 Å². The van der Waals surface area contributed by atoms with Crippen molar-refractivity contribution >= 4 is 17.7 Å². The third-order valence-corrected chi connectivity index (χ3v) is 4.88. The first-order valence-electron chi connectivity index (χ1n) is 7.74. The minimum absolute atomic E-state index is 0.0876. The quantitative estimate of drug-likeness (QED) is 0.680. The fraction of sp³-hybridized carbons (Fsp3) is 0.316. The van der Waals surface area contributed by atoms with Crippen molar-refractivity contribution in [1.82, 2.24) is 0 Å². The van der Waals surface area contributed by atoms with E-state index < -0.39 is 5.97 Å². The Morgan fingerprint density at radius 1 is 1.13 bits per heavy atom. The number of methoxy groups -OCH3 is 1. The van der Waals surface area contributed by atoms with Gasteiger partial charge in [-0.1, -0.05) is 30.3 Å². The molecule has 0 bridgehead atoms. The number of carboxylic acid groups (broad SMARTS) is 1. The molecule has 0 radical (unpaired) electrons. The van der Waals surface area contributed by atoms with E-state index in [2.05, 4.69) is 12.1 Å². The maximum atomic E-state index is 11.1. The van der Waals surface area contributed by atoms with Gasteiger partial charge in [-0.05, 0) is 49.1 Å². The Balaban J connectivity index is 1.89. The smallest absolute Gasteiger partial charge is 0.304 e. The maximum absolute atomic E-state index is 11.1. The summed E-state index contributed by atoms with van der Waals surface area (Å²) in [5.41, 5.74) is 1.30. The predicted octanol–water partition coefficient (Wildman–Crippen LogP) is 4.65. The van der Waals surface area contributed by atoms with Gasteiger partial charge in [0.2, 0.25) is 0 Å². The molecule has 0 aliphatic heterocycles. The summed E-state index contributed by atoms with van der Waals surface area (Å²) in [6.45, 7) is 0. The van der Waals surface area contributed by atoms with Crippen LogP contribution in [0, 0.1) is 0 Å². The number of benzene rings is 2. The summed E-state index contributed by atoms with van der Waals surface area (Å²) in [5.74, 6) is 0.0731. The highest BCUT2D eigenvalue weighted by molar-refractivity contribution is 8.00. The summed E-state index contributed by atoms with van der Waals surface area (Å²) >= 11 is 1.63. The van der Waals surface area contributed by atoms with Crippen molar-refractivity contribution < 1.29 is 14.6 Å². The second-order valence-corrected chi connectivity index (χ2v) is 6.76. The molecule has 0 saturated carbocycles. The normalized spacial score (nSPS) is 11.9. The molecular formula is C19H22O3S. The number of aliphatic carboxylic acids is 1. The van der Waals surface area contributed by atoms with Gasteiger partial charge in [-0.15, -0.1) is 11.8 Å². The van der Waals surface area contributed by atoms with Crippen LogP contribution in [0.25, 0.3) is 0 Å². The molecule has 0 saturated heterocycles. The van der Waals surface area contributed by atoms with E-state index in [0.717, 1.165) is 29.9 Å². The summed E-state index contributed by atoms with van der Waals surface area (Å²) in [6.07, 6.45) is 3.05. The van der Waals surface area contributed by atoms with E-state index in [1.807, 2.05) is 42.5 Å². The Bertz CT molecular complexity index is 596. The van der Waals surface area contributed by atoms with E-state index in [0.29, 0.717) is 0 Å². The first-order chi connectivity index (χ1) is 11.2. The fourth-order valence-electron chi connectivity index (χ4n) is 2.42. The molecule has 122 valence electrons. The first-order valence-corrected chi connectivity index (χ1v) is 8.62. The maximum Gasteiger partial charge on any atom is 0.304 e. The average Bonchev–Trinajstić information content (AvgIpc) is 2.56. The van der Waals surface area contributed by atoms with Gasteiger partial charge >= 0.3 is 5.97 Å². The number of thioether (sulfide) groups is 1. The molecule has 2 rings (SSSR count). The molecule has 2 aromatic rings. The van der Waals surface area contributed by atoms with E-state index in [1.165, 1.54) is 5.56 Å². The van der Waals surface area contributed by atoms with Gasteiger partial charge in [-0.2, -0.15) is 0 Å². The second-order valence-electron chi connectivity index (χ2n) is 5.39. The van der Waals surface area contributed by atoms with Gasteiger partial charge in [-0.3, -0.25) is 4.79 Å². The Morgan fingerprint density at radius 2 is 1.83 bits per heavy atom. The molecule has 0 aliphatic rings. The Hall–Kier alpha value is -1.94. The predicted molar refractivity (Wildman–Crippen MR) is 94.3 cm³/mol. The van der Waals surface area contributed by atoms with Crippen LogP contribution >= 0.6 is 11.8 Å². The molecule has 2 aromatic carbocycles. The lowest BCUT2D eigenvalue weighted by atomic mass is 10.1. The molecule has 3 nitrogen and oxygen atoms in total. The largest absolute Gasteiger partial charge is 0.497 e. The number of aryl methyl sites for hydroxylation is 1. The number of carboxylic acids is 1. The molecule has 1 atom stereocenters. The number of carbonyl (C=O) groups is 1. The van der Waals surface area contributed by atoms with Crippen molar-refractivity contribution in [3.05, 3.63) is 60.2 Å². The van der Waals surface area contributed by atoms with Gasteiger partial charge in [0.05, 0.1) is 13.5 Å². The summed E-state index contributed by atoms with van der Waals surface area (Å²) in [5, 5.41) is 9.21. The molecule has 0 amide bonds. The molecule has 23 heavy (non-hydrogen) atoms. The van der Waals surface area contributed by atoms with Crippen LogP contribution in [0.15, 0.2) is 59.5 Å². The third-order valence-electron chi connectivity index (χ3n) is 3.60. The van der Waals surface area contributed by atoms with E-state index in [4.69, 9.17) is 9.84 Å². The molecule has 1 unspecified atom stereocenters. The molecule has 4 heteroatoms. The molecule has 0 aliphatic carbocycles. The summed E-state index contributed by atoms with van der Waals surface area (Å²) in [4.78, 5) is 12.2. The first kappa shape index (κ1) is 17.4. The zero-order chi connectivity index (χ0) is 16.5. The highest BCUT2D eigenvalue weighted by atomic mass is 32.2. The lowest BCUT2D eigenvalue weighted by molar-refractivity contribution is -0.137. The molecule has 1 N–H and O–H groups in total. The van der Waals surface area contributed by atoms with Crippen LogP contribution in [0.1, 0.15) is 24.8 Å². The third kappa shape index (κ3) is 6.37. The zero-order valence-electron chi connectivity index (χ0n) is 13.3. The average molecular weight is 330 g/mol. The Labute approximate surface area is 141 Å². The molecule has 0 spiro atoms. The zero-order valence-corrected chi connectivity index (χ0v) is 14.1. The van der Waals surface area contributed by atoms with Crippen molar-refractivity contribution in [2.24, 2.45) is 0 Å². The lowest BCUT2D eigenvalue weighted by Gasteiger charge is -2.15. The molecular weight excluding hydrogens is 308 g/mol. The Morgan fingerprint density at radius 3 is 2.43 bits per heavy atom. The highest BCUT2D eigenvalue weighted by Gasteiger charge is 2.15. The van der Waals surface area contributed by atoms with Crippen molar-refractivity contribution in [2.45, 2.75) is 35.8 Å². The molecule has 0 fully saturated rings. The molecule has 0 aromatic heterocycles. The topological polar surface area (TPSA) is 46.5 Å². The summed E-state index contributed by atoms with van der Waals surface area (Å²) < 4.78 is 5.15. The summed E-state index contributed by atoms with van der Waals surface area (Å²) in [7, 11) is 1.64. The SMILES string of the molecule is COc1ccc(SC(CCCc2ccccc2)CC(=O)O)cc1. The van der Waals surface area contributed by atoms with Crippen LogP contribution in [0.3, 0.4) is 0 Å². The van der Waals surface area contributed by atoms with Gasteiger partial charge in [0.15, 0.2) is 0 Å². The fourth-order valence-corrected chi connectivity index (χ4v) is 3.61. The van der Waals surface area contributed by atoms with Crippen molar-refractivity contribution in [2.75, 3.05) is 7.11 Å². The van der Waals surface area contributed by atoms with Gasteiger partial charge in [0.25, 0.3) is 0 Å². The van der Waals surface area contributed by atoms with E-state index >= 15 is 0 Å². The van der Waals surface area contributed by atoms with Crippen molar-refractivity contribution in [3.8, 4) is 5.75 Å². The van der Waals surface area contributed by atoms with Gasteiger partial charge < -0.3 is 9.84 Å². The minimum Gasteiger partial charge on any atom is -0.497 e. The second kappa shape index (κ2) is 9.26. The van der Waals surface area contributed by atoms with Crippen LogP contribution in [0.2, 0.25) is 0 Å². The van der Waals surface area contributed by atoms with Crippen LogP contribution < -0.4 is 4.74 Å². The highest BCUT2D eigenvalue weighted by Crippen LogP contribution is 2.30. The van der Waals surface area contributed by atoms with E-state index in [9.17, 15) is 4.79 Å². The van der Waals surface area contributed by atoms with E-state index in [-0.39, 0.29) is 11.7 Å². The van der Waals surface area contributed by atoms with Crippen LogP contribution in [0.4, 0.5) is 0 Å². The van der Waals surface area contributed by atoms with Crippen LogP contribution in [0.5, 0.6) is 5.75 Å². The van der Waals surface area contributed by atoms with Crippen LogP contribution in [-0.2, 0) is 11.2 Å². The summed E-state index contributed by atoms with van der Waals surface area (Å²) in [6, 6.07) is 18.1.